The molecule has 0 aromatic heterocycles. The summed E-state index contributed by atoms with van der Waals surface area (Å²) in [5.41, 5.74) is 0. The maximum absolute atomic E-state index is 5.36. The number of nitrogens with zero attached hydrogens (tertiary/aromatic N) is 1. The van der Waals surface area contributed by atoms with Crippen molar-refractivity contribution in [1.82, 2.24) is 10.2 Å². The van der Waals surface area contributed by atoms with Gasteiger partial charge < -0.3 is 5.32 Å². The molecule has 0 saturated carbocycles. The Hall–Kier alpha value is -0.520. The maximum atomic E-state index is 5.36. The molecule has 1 saturated heterocycles. The van der Waals surface area contributed by atoms with Gasteiger partial charge in [-0.2, -0.15) is 0 Å². The largest absolute Gasteiger partial charge is 0.315 e. The molecule has 2 heteroatoms. The quantitative estimate of drug-likeness (QED) is 0.527. The van der Waals surface area contributed by atoms with Crippen LogP contribution in [-0.2, 0) is 0 Å². The van der Waals surface area contributed by atoms with Crippen molar-refractivity contribution in [1.29, 1.82) is 0 Å². The van der Waals surface area contributed by atoms with E-state index in [-0.39, 0.29) is 0 Å². The van der Waals surface area contributed by atoms with Gasteiger partial charge >= 0.3 is 0 Å². The molecule has 0 bridgehead atoms. The summed E-state index contributed by atoms with van der Waals surface area (Å²) in [6.45, 7) is 6.43. The molecule has 1 N–H and O–H groups in total. The van der Waals surface area contributed by atoms with E-state index in [0.29, 0.717) is 6.04 Å². The SMILES string of the molecule is C#CCN1CCCCC1CNCCC. The lowest BCUT2D eigenvalue weighted by Crippen LogP contribution is -2.45. The molecule has 1 unspecified atom stereocenters. The summed E-state index contributed by atoms with van der Waals surface area (Å²) < 4.78 is 0. The summed E-state index contributed by atoms with van der Waals surface area (Å²) in [5.74, 6) is 2.76. The molecule has 0 radical (unpaired) electrons. The maximum Gasteiger partial charge on any atom is 0.0601 e. The van der Waals surface area contributed by atoms with E-state index in [0.717, 1.165) is 19.6 Å². The zero-order chi connectivity index (χ0) is 10.2. The highest BCUT2D eigenvalue weighted by molar-refractivity contribution is 4.92. The van der Waals surface area contributed by atoms with Crippen molar-refractivity contribution in [3.8, 4) is 12.3 Å². The molecular formula is C12H22N2. The third-order valence-electron chi connectivity index (χ3n) is 2.85. The minimum Gasteiger partial charge on any atom is -0.315 e. The van der Waals surface area contributed by atoms with Gasteiger partial charge in [-0.15, -0.1) is 6.42 Å². The lowest BCUT2D eigenvalue weighted by Gasteiger charge is -2.34. The summed E-state index contributed by atoms with van der Waals surface area (Å²) in [5, 5.41) is 3.48. The van der Waals surface area contributed by atoms with Crippen LogP contribution in [0, 0.1) is 12.3 Å². The number of nitrogens with one attached hydrogen (secondary N) is 1. The second kappa shape index (κ2) is 6.86. The van der Waals surface area contributed by atoms with Crippen LogP contribution in [0.25, 0.3) is 0 Å². The Morgan fingerprint density at radius 1 is 1.50 bits per heavy atom. The summed E-state index contributed by atoms with van der Waals surface area (Å²) in [6.07, 6.45) is 10.6. The lowest BCUT2D eigenvalue weighted by molar-refractivity contribution is 0.165. The summed E-state index contributed by atoms with van der Waals surface area (Å²) in [6, 6.07) is 0.673. The molecule has 1 atom stereocenters. The summed E-state index contributed by atoms with van der Waals surface area (Å²) >= 11 is 0. The number of hydrogen-bond donors (Lipinski definition) is 1. The number of likely N-dealkylation sites (tertiary alicyclic amines) is 1. The Bertz CT molecular complexity index is 183. The van der Waals surface area contributed by atoms with Gasteiger partial charge in [-0.05, 0) is 32.4 Å². The first kappa shape index (κ1) is 11.6. The van der Waals surface area contributed by atoms with Gasteiger partial charge in [0.05, 0.1) is 6.54 Å². The van der Waals surface area contributed by atoms with Crippen molar-refractivity contribution in [3.05, 3.63) is 0 Å². The fraction of sp³-hybridized carbons (Fsp3) is 0.833. The minimum atomic E-state index is 0.673. The molecule has 0 amide bonds. The van der Waals surface area contributed by atoms with Crippen molar-refractivity contribution in [3.63, 3.8) is 0 Å². The highest BCUT2D eigenvalue weighted by atomic mass is 15.2. The van der Waals surface area contributed by atoms with Gasteiger partial charge in [0.15, 0.2) is 0 Å². The Morgan fingerprint density at radius 3 is 3.07 bits per heavy atom. The molecule has 0 aromatic carbocycles. The van der Waals surface area contributed by atoms with E-state index < -0.39 is 0 Å². The molecule has 1 aliphatic heterocycles. The average molecular weight is 194 g/mol. The second-order valence-corrected chi connectivity index (χ2v) is 4.03. The van der Waals surface area contributed by atoms with E-state index in [4.69, 9.17) is 6.42 Å². The van der Waals surface area contributed by atoms with Crippen molar-refractivity contribution >= 4 is 0 Å². The topological polar surface area (TPSA) is 15.3 Å². The summed E-state index contributed by atoms with van der Waals surface area (Å²) in [7, 11) is 0. The van der Waals surface area contributed by atoms with Crippen LogP contribution in [0.3, 0.4) is 0 Å². The van der Waals surface area contributed by atoms with Gasteiger partial charge in [-0.3, -0.25) is 4.90 Å². The number of rotatable bonds is 5. The lowest BCUT2D eigenvalue weighted by atomic mass is 10.0. The van der Waals surface area contributed by atoms with Crippen molar-refractivity contribution in [2.45, 2.75) is 38.6 Å². The van der Waals surface area contributed by atoms with Gasteiger partial charge in [0.1, 0.15) is 0 Å². The number of piperidine rings is 1. The molecule has 1 fully saturated rings. The molecule has 0 aromatic rings. The average Bonchev–Trinajstić information content (AvgIpc) is 2.21. The number of terminal acetylenes is 1. The van der Waals surface area contributed by atoms with Crippen LogP contribution >= 0.6 is 0 Å². The van der Waals surface area contributed by atoms with Gasteiger partial charge in [-0.25, -0.2) is 0 Å². The highest BCUT2D eigenvalue weighted by Gasteiger charge is 2.20. The van der Waals surface area contributed by atoms with Crippen LogP contribution in [0.1, 0.15) is 32.6 Å². The van der Waals surface area contributed by atoms with Crippen LogP contribution in [0.2, 0.25) is 0 Å². The van der Waals surface area contributed by atoms with Gasteiger partial charge in [0, 0.05) is 12.6 Å². The zero-order valence-electron chi connectivity index (χ0n) is 9.26. The Labute approximate surface area is 88.1 Å². The minimum absolute atomic E-state index is 0.673. The molecule has 0 spiro atoms. The van der Waals surface area contributed by atoms with Crippen molar-refractivity contribution < 1.29 is 0 Å². The predicted octanol–water partition coefficient (Wildman–Crippen LogP) is 1.47. The molecular weight excluding hydrogens is 172 g/mol. The first-order valence-electron chi connectivity index (χ1n) is 5.76. The Morgan fingerprint density at radius 2 is 2.36 bits per heavy atom. The molecule has 2 nitrogen and oxygen atoms in total. The van der Waals surface area contributed by atoms with Crippen LogP contribution < -0.4 is 5.32 Å². The second-order valence-electron chi connectivity index (χ2n) is 4.03. The van der Waals surface area contributed by atoms with Crippen LogP contribution in [0.4, 0.5) is 0 Å². The van der Waals surface area contributed by atoms with E-state index in [9.17, 15) is 0 Å². The van der Waals surface area contributed by atoms with Gasteiger partial charge in [0.25, 0.3) is 0 Å². The molecule has 1 heterocycles. The van der Waals surface area contributed by atoms with Gasteiger partial charge in [0.2, 0.25) is 0 Å². The van der Waals surface area contributed by atoms with Crippen molar-refractivity contribution in [2.75, 3.05) is 26.2 Å². The van der Waals surface area contributed by atoms with Gasteiger partial charge in [-0.1, -0.05) is 19.3 Å². The third kappa shape index (κ3) is 3.69. The first-order valence-corrected chi connectivity index (χ1v) is 5.76. The van der Waals surface area contributed by atoms with E-state index in [2.05, 4.69) is 23.1 Å². The van der Waals surface area contributed by atoms with E-state index in [1.807, 2.05) is 0 Å². The molecule has 14 heavy (non-hydrogen) atoms. The zero-order valence-corrected chi connectivity index (χ0v) is 9.26. The monoisotopic (exact) mass is 194 g/mol. The predicted molar refractivity (Wildman–Crippen MR) is 61.2 cm³/mol. The van der Waals surface area contributed by atoms with Crippen LogP contribution in [-0.4, -0.2) is 37.1 Å². The van der Waals surface area contributed by atoms with E-state index in [1.54, 1.807) is 0 Å². The fourth-order valence-electron chi connectivity index (χ4n) is 2.06. The fourth-order valence-corrected chi connectivity index (χ4v) is 2.06. The van der Waals surface area contributed by atoms with E-state index >= 15 is 0 Å². The smallest absolute Gasteiger partial charge is 0.0601 e. The Kier molecular flexibility index (Phi) is 5.66. The van der Waals surface area contributed by atoms with Crippen molar-refractivity contribution in [2.24, 2.45) is 0 Å². The molecule has 1 rings (SSSR count). The third-order valence-corrected chi connectivity index (χ3v) is 2.85. The standard InChI is InChI=1S/C12H22N2/c1-3-8-13-11-12-7-5-6-10-14(12)9-4-2/h2,12-13H,3,5-11H2,1H3. The molecule has 80 valence electrons. The molecule has 0 aliphatic carbocycles. The summed E-state index contributed by atoms with van der Waals surface area (Å²) in [4.78, 5) is 2.44. The number of hydrogen-bond acceptors (Lipinski definition) is 2. The Balaban J connectivity index is 2.27. The van der Waals surface area contributed by atoms with Crippen LogP contribution in [0.5, 0.6) is 0 Å². The normalized spacial score (nSPS) is 23.3. The molecule has 1 aliphatic rings. The van der Waals surface area contributed by atoms with E-state index in [1.165, 1.54) is 32.2 Å². The van der Waals surface area contributed by atoms with Crippen LogP contribution in [0.15, 0.2) is 0 Å². The first-order chi connectivity index (χ1) is 6.88. The highest BCUT2D eigenvalue weighted by Crippen LogP contribution is 2.15.